The van der Waals surface area contributed by atoms with E-state index in [1.165, 1.54) is 6.20 Å². The molecule has 1 amide bonds. The van der Waals surface area contributed by atoms with Gasteiger partial charge in [0.15, 0.2) is 0 Å². The van der Waals surface area contributed by atoms with Gasteiger partial charge < -0.3 is 15.7 Å². The zero-order valence-electron chi connectivity index (χ0n) is 11.9. The van der Waals surface area contributed by atoms with Crippen molar-refractivity contribution in [3.8, 4) is 0 Å². The molecule has 2 bridgehead atoms. The summed E-state index contributed by atoms with van der Waals surface area (Å²) in [6.07, 6.45) is 2.51. The predicted molar refractivity (Wildman–Crippen MR) is 74.8 cm³/mol. The van der Waals surface area contributed by atoms with Crippen molar-refractivity contribution in [1.82, 2.24) is 4.98 Å². The van der Waals surface area contributed by atoms with Crippen molar-refractivity contribution in [2.45, 2.75) is 32.4 Å². The Labute approximate surface area is 121 Å². The molecule has 1 aromatic heterocycles. The lowest BCUT2D eigenvalue weighted by Crippen LogP contribution is -2.48. The second kappa shape index (κ2) is 3.37. The third-order valence-corrected chi connectivity index (χ3v) is 5.97. The van der Waals surface area contributed by atoms with Gasteiger partial charge in [0.25, 0.3) is 5.91 Å². The van der Waals surface area contributed by atoms with Crippen LogP contribution in [0.25, 0.3) is 0 Å². The molecule has 2 unspecified atom stereocenters. The van der Waals surface area contributed by atoms with E-state index in [1.54, 1.807) is 12.1 Å². The molecule has 21 heavy (non-hydrogen) atoms. The summed E-state index contributed by atoms with van der Waals surface area (Å²) in [5.74, 6) is -0.931. The second-order valence-electron chi connectivity index (χ2n) is 6.93. The Morgan fingerprint density at radius 1 is 1.48 bits per heavy atom. The Kier molecular flexibility index (Phi) is 2.03. The van der Waals surface area contributed by atoms with Gasteiger partial charge in [0.1, 0.15) is 11.7 Å². The maximum Gasteiger partial charge on any atom is 0.326 e. The van der Waals surface area contributed by atoms with Gasteiger partial charge in [0.2, 0.25) is 0 Å². The highest BCUT2D eigenvalue weighted by molar-refractivity contribution is 5.92. The molecule has 5 rings (SSSR count). The Morgan fingerprint density at radius 2 is 2.19 bits per heavy atom. The van der Waals surface area contributed by atoms with Crippen molar-refractivity contribution in [2.75, 3.05) is 4.90 Å². The standard InChI is InChI=1S/C15H17N3O3/c1-14(2)10-8-6-15(8,14)11(13(20)21)18(10)7-3-4-17-9(5-7)12(16)19/h3-5,8,10-11H,6H2,1-2H3,(H2,16,19)(H,20,21)/t8-,10?,11+,15?/m0/s1. The van der Waals surface area contributed by atoms with E-state index in [0.717, 1.165) is 12.1 Å². The summed E-state index contributed by atoms with van der Waals surface area (Å²) in [7, 11) is 0. The summed E-state index contributed by atoms with van der Waals surface area (Å²) in [6.45, 7) is 4.29. The van der Waals surface area contributed by atoms with Crippen LogP contribution in [0.15, 0.2) is 18.3 Å². The van der Waals surface area contributed by atoms with Crippen LogP contribution >= 0.6 is 0 Å². The van der Waals surface area contributed by atoms with Crippen LogP contribution in [0.5, 0.6) is 0 Å². The maximum absolute atomic E-state index is 11.8. The molecule has 4 atom stereocenters. The summed E-state index contributed by atoms with van der Waals surface area (Å²) in [5, 5.41) is 9.70. The molecule has 1 spiro atoms. The number of hydrogen-bond donors (Lipinski definition) is 2. The highest BCUT2D eigenvalue weighted by atomic mass is 16.4. The number of carbonyl (C=O) groups excluding carboxylic acids is 1. The number of carbonyl (C=O) groups is 2. The average molecular weight is 287 g/mol. The van der Waals surface area contributed by atoms with Gasteiger partial charge in [0, 0.05) is 23.3 Å². The van der Waals surface area contributed by atoms with Gasteiger partial charge in [-0.25, -0.2) is 4.79 Å². The number of fused-ring (bicyclic) bond motifs is 1. The van der Waals surface area contributed by atoms with Crippen LogP contribution < -0.4 is 10.6 Å². The third kappa shape index (κ3) is 1.18. The second-order valence-corrected chi connectivity index (χ2v) is 6.93. The number of hydrogen-bond acceptors (Lipinski definition) is 4. The molecule has 6 heteroatoms. The van der Waals surface area contributed by atoms with Gasteiger partial charge >= 0.3 is 5.97 Å². The smallest absolute Gasteiger partial charge is 0.326 e. The normalized spacial score (nSPS) is 37.6. The zero-order valence-corrected chi connectivity index (χ0v) is 11.9. The summed E-state index contributed by atoms with van der Waals surface area (Å²) in [4.78, 5) is 29.0. The first-order chi connectivity index (χ1) is 9.82. The van der Waals surface area contributed by atoms with Gasteiger partial charge in [-0.3, -0.25) is 9.78 Å². The quantitative estimate of drug-likeness (QED) is 0.859. The average Bonchev–Trinajstić information content (AvgIpc) is 2.95. The van der Waals surface area contributed by atoms with Crippen LogP contribution in [-0.4, -0.2) is 34.1 Å². The fraction of sp³-hybridized carbons (Fsp3) is 0.533. The van der Waals surface area contributed by atoms with E-state index >= 15 is 0 Å². The number of piperidine rings is 1. The fourth-order valence-electron chi connectivity index (χ4n) is 5.10. The molecule has 4 aliphatic rings. The zero-order chi connectivity index (χ0) is 15.2. The number of aromatic nitrogens is 1. The number of carboxylic acid groups (broad SMARTS) is 1. The van der Waals surface area contributed by atoms with E-state index in [2.05, 4.69) is 18.8 Å². The Bertz CT molecular complexity index is 686. The Balaban J connectivity index is 1.81. The van der Waals surface area contributed by atoms with E-state index in [0.29, 0.717) is 5.92 Å². The lowest BCUT2D eigenvalue weighted by molar-refractivity contribution is -0.140. The Morgan fingerprint density at radius 3 is 2.76 bits per heavy atom. The van der Waals surface area contributed by atoms with Crippen LogP contribution in [0.1, 0.15) is 30.8 Å². The molecule has 3 heterocycles. The number of rotatable bonds is 3. The first kappa shape index (κ1) is 12.6. The highest BCUT2D eigenvalue weighted by Gasteiger charge is 2.89. The van der Waals surface area contributed by atoms with E-state index in [9.17, 15) is 14.7 Å². The first-order valence-corrected chi connectivity index (χ1v) is 7.09. The molecule has 1 aromatic rings. The van der Waals surface area contributed by atoms with Crippen LogP contribution in [0.3, 0.4) is 0 Å². The van der Waals surface area contributed by atoms with E-state index < -0.39 is 17.9 Å². The van der Waals surface area contributed by atoms with Crippen molar-refractivity contribution < 1.29 is 14.7 Å². The third-order valence-electron chi connectivity index (χ3n) is 5.97. The monoisotopic (exact) mass is 287 g/mol. The number of aliphatic carboxylic acids is 1. The van der Waals surface area contributed by atoms with Crippen LogP contribution in [-0.2, 0) is 4.79 Å². The number of pyridine rings is 1. The molecule has 0 radical (unpaired) electrons. The molecule has 4 fully saturated rings. The Hall–Kier alpha value is -2.11. The molecule has 2 saturated heterocycles. The lowest BCUT2D eigenvalue weighted by atomic mass is 9.60. The summed E-state index contributed by atoms with van der Waals surface area (Å²) in [5.41, 5.74) is 6.05. The van der Waals surface area contributed by atoms with Crippen molar-refractivity contribution >= 4 is 17.6 Å². The van der Waals surface area contributed by atoms with Gasteiger partial charge in [-0.15, -0.1) is 0 Å². The minimum absolute atomic E-state index is 0.0170. The number of anilines is 1. The van der Waals surface area contributed by atoms with Crippen LogP contribution in [0.2, 0.25) is 0 Å². The number of carboxylic acids is 1. The molecule has 6 nitrogen and oxygen atoms in total. The van der Waals surface area contributed by atoms with Gasteiger partial charge in [-0.2, -0.15) is 0 Å². The van der Waals surface area contributed by atoms with Gasteiger partial charge in [-0.1, -0.05) is 13.8 Å². The molecule has 110 valence electrons. The maximum atomic E-state index is 11.8. The van der Waals surface area contributed by atoms with E-state index in [4.69, 9.17) is 5.73 Å². The molecular formula is C15H17N3O3. The van der Waals surface area contributed by atoms with Crippen molar-refractivity contribution in [3.05, 3.63) is 24.0 Å². The summed E-state index contributed by atoms with van der Waals surface area (Å²) in [6, 6.07) is 3.05. The number of amides is 1. The van der Waals surface area contributed by atoms with Crippen molar-refractivity contribution in [3.63, 3.8) is 0 Å². The molecule has 2 aliphatic carbocycles. The molecule has 0 aromatic carbocycles. The van der Waals surface area contributed by atoms with E-state index in [-0.39, 0.29) is 22.6 Å². The van der Waals surface area contributed by atoms with E-state index in [1.807, 2.05) is 4.90 Å². The van der Waals surface area contributed by atoms with Gasteiger partial charge in [0.05, 0.1) is 0 Å². The fourth-order valence-corrected chi connectivity index (χ4v) is 5.10. The minimum Gasteiger partial charge on any atom is -0.480 e. The van der Waals surface area contributed by atoms with Crippen LogP contribution in [0.4, 0.5) is 5.69 Å². The molecule has 2 aliphatic heterocycles. The van der Waals surface area contributed by atoms with Crippen molar-refractivity contribution in [2.24, 2.45) is 22.5 Å². The highest BCUT2D eigenvalue weighted by Crippen LogP contribution is 2.85. The number of primary amides is 1. The van der Waals surface area contributed by atoms with Gasteiger partial charge in [-0.05, 0) is 29.9 Å². The number of nitrogens with zero attached hydrogens (tertiary/aromatic N) is 2. The number of nitrogens with two attached hydrogens (primary N) is 1. The minimum atomic E-state index is -0.789. The molecule has 2 saturated carbocycles. The summed E-state index contributed by atoms with van der Waals surface area (Å²) >= 11 is 0. The topological polar surface area (TPSA) is 96.5 Å². The molecule has 3 N–H and O–H groups in total. The lowest BCUT2D eigenvalue weighted by Gasteiger charge is -2.44. The SMILES string of the molecule is CC1(C)C2[C@@H]3CC31[C@@H](C(=O)O)N2c1ccnc(C(N)=O)c1. The molecular weight excluding hydrogens is 270 g/mol. The van der Waals surface area contributed by atoms with Crippen molar-refractivity contribution in [1.29, 1.82) is 0 Å². The largest absolute Gasteiger partial charge is 0.480 e. The van der Waals surface area contributed by atoms with Crippen LogP contribution in [0, 0.1) is 16.7 Å². The summed E-state index contributed by atoms with van der Waals surface area (Å²) < 4.78 is 0. The first-order valence-electron chi connectivity index (χ1n) is 7.09. The predicted octanol–water partition coefficient (Wildman–Crippen LogP) is 0.868.